The normalized spacial score (nSPS) is 27.9. The molecule has 0 saturated heterocycles. The Balaban J connectivity index is 2.21. The van der Waals surface area contributed by atoms with Gasteiger partial charge >= 0.3 is 11.9 Å². The molecule has 0 spiro atoms. The van der Waals surface area contributed by atoms with Crippen LogP contribution in [0.3, 0.4) is 0 Å². The molecule has 0 saturated carbocycles. The summed E-state index contributed by atoms with van der Waals surface area (Å²) >= 11 is 0. The maximum Gasteiger partial charge on any atom is 0.314 e. The Morgan fingerprint density at radius 3 is 2.59 bits per heavy atom. The van der Waals surface area contributed by atoms with Crippen LogP contribution in [0.4, 0.5) is 0 Å². The molecule has 1 aromatic carbocycles. The minimum absolute atomic E-state index is 0.0308. The summed E-state index contributed by atoms with van der Waals surface area (Å²) in [6.07, 6.45) is 5.29. The van der Waals surface area contributed by atoms with Crippen LogP contribution < -0.4 is 0 Å². The Morgan fingerprint density at radius 2 is 1.91 bits per heavy atom. The van der Waals surface area contributed by atoms with E-state index in [2.05, 4.69) is 4.98 Å². The molecule has 3 N–H and O–H groups in total. The third kappa shape index (κ3) is 1.93. The summed E-state index contributed by atoms with van der Waals surface area (Å²) < 4.78 is 0. The Hall–Kier alpha value is -2.56. The third-order valence-electron chi connectivity index (χ3n) is 4.62. The molecule has 1 aliphatic carbocycles. The number of carboxylic acids is 2. The van der Waals surface area contributed by atoms with Crippen LogP contribution in [0.5, 0.6) is 0 Å². The van der Waals surface area contributed by atoms with Gasteiger partial charge < -0.3 is 15.2 Å². The number of nitrogens with one attached hydrogen (secondary N) is 1. The Labute approximate surface area is 127 Å². The molecule has 0 fully saturated rings. The van der Waals surface area contributed by atoms with E-state index in [0.717, 1.165) is 10.9 Å². The fraction of sp³-hybridized carbons (Fsp3) is 0.294. The van der Waals surface area contributed by atoms with Crippen LogP contribution in [-0.4, -0.2) is 27.1 Å². The van der Waals surface area contributed by atoms with Gasteiger partial charge in [-0.3, -0.25) is 9.59 Å². The number of H-pyrrole nitrogens is 1. The van der Waals surface area contributed by atoms with Crippen molar-refractivity contribution in [1.29, 1.82) is 0 Å². The molecule has 0 amide bonds. The Bertz CT molecular complexity index is 791. The van der Waals surface area contributed by atoms with Crippen LogP contribution in [0.1, 0.15) is 25.3 Å². The van der Waals surface area contributed by atoms with Crippen molar-refractivity contribution in [3.8, 4) is 0 Å². The van der Waals surface area contributed by atoms with Crippen molar-refractivity contribution >= 4 is 22.8 Å². The second kappa shape index (κ2) is 4.73. The average molecular weight is 299 g/mol. The lowest BCUT2D eigenvalue weighted by molar-refractivity contribution is -0.151. The van der Waals surface area contributed by atoms with Gasteiger partial charge in [-0.1, -0.05) is 30.4 Å². The van der Waals surface area contributed by atoms with E-state index in [4.69, 9.17) is 0 Å². The first-order valence-corrected chi connectivity index (χ1v) is 7.10. The van der Waals surface area contributed by atoms with Crippen LogP contribution in [0.15, 0.2) is 42.6 Å². The Morgan fingerprint density at radius 1 is 1.18 bits per heavy atom. The summed E-state index contributed by atoms with van der Waals surface area (Å²) in [6, 6.07) is 7.47. The lowest BCUT2D eigenvalue weighted by Crippen LogP contribution is -2.44. The van der Waals surface area contributed by atoms with E-state index >= 15 is 0 Å². The topological polar surface area (TPSA) is 90.4 Å². The van der Waals surface area contributed by atoms with Gasteiger partial charge in [0.05, 0.1) is 10.8 Å². The molecule has 0 radical (unpaired) electrons. The van der Waals surface area contributed by atoms with Gasteiger partial charge in [-0.2, -0.15) is 0 Å². The number of aromatic nitrogens is 1. The minimum atomic E-state index is -1.23. The predicted octanol–water partition coefficient (Wildman–Crippen LogP) is 2.93. The monoisotopic (exact) mass is 299 g/mol. The van der Waals surface area contributed by atoms with Crippen molar-refractivity contribution in [2.75, 3.05) is 0 Å². The molecular weight excluding hydrogens is 282 g/mol. The van der Waals surface area contributed by atoms with Gasteiger partial charge in [0.25, 0.3) is 0 Å². The van der Waals surface area contributed by atoms with Crippen LogP contribution in [0.25, 0.3) is 10.9 Å². The maximum absolute atomic E-state index is 12.1. The summed E-state index contributed by atoms with van der Waals surface area (Å²) in [5.41, 5.74) is -0.923. The number of rotatable bonds is 3. The molecule has 1 aliphatic rings. The van der Waals surface area contributed by atoms with Gasteiger partial charge in [0, 0.05) is 17.1 Å². The molecule has 3 rings (SSSR count). The summed E-state index contributed by atoms with van der Waals surface area (Å²) in [6.45, 7) is 1.57. The quantitative estimate of drug-likeness (QED) is 0.760. The lowest BCUT2D eigenvalue weighted by atomic mass is 9.63. The molecule has 1 heterocycles. The van der Waals surface area contributed by atoms with E-state index < -0.39 is 22.8 Å². The maximum atomic E-state index is 12.1. The van der Waals surface area contributed by atoms with Gasteiger partial charge in [0.2, 0.25) is 0 Å². The molecule has 22 heavy (non-hydrogen) atoms. The number of hydrogen-bond donors (Lipinski definition) is 3. The number of benzene rings is 1. The number of fused-ring (bicyclic) bond motifs is 1. The zero-order valence-corrected chi connectivity index (χ0v) is 12.2. The van der Waals surface area contributed by atoms with E-state index in [-0.39, 0.29) is 12.8 Å². The van der Waals surface area contributed by atoms with E-state index in [1.807, 2.05) is 24.3 Å². The summed E-state index contributed by atoms with van der Waals surface area (Å²) in [5, 5.41) is 20.2. The number of carboxylic acid groups (broad SMARTS) is 2. The van der Waals surface area contributed by atoms with E-state index in [1.165, 1.54) is 0 Å². The Kier molecular flexibility index (Phi) is 3.09. The van der Waals surface area contributed by atoms with Crippen molar-refractivity contribution in [3.05, 3.63) is 48.2 Å². The first-order valence-electron chi connectivity index (χ1n) is 7.10. The first kappa shape index (κ1) is 14.4. The van der Waals surface area contributed by atoms with Gasteiger partial charge in [-0.15, -0.1) is 0 Å². The highest BCUT2D eigenvalue weighted by atomic mass is 16.4. The average Bonchev–Trinajstić information content (AvgIpc) is 2.91. The molecule has 2 aromatic rings. The fourth-order valence-electron chi connectivity index (χ4n) is 3.38. The zero-order chi connectivity index (χ0) is 16.0. The number of aromatic amines is 1. The largest absolute Gasteiger partial charge is 0.481 e. The summed E-state index contributed by atoms with van der Waals surface area (Å²) in [7, 11) is 0. The van der Waals surface area contributed by atoms with Gasteiger partial charge in [0.1, 0.15) is 0 Å². The van der Waals surface area contributed by atoms with E-state index in [1.54, 1.807) is 25.3 Å². The fourth-order valence-corrected chi connectivity index (χ4v) is 3.38. The van der Waals surface area contributed by atoms with Crippen LogP contribution in [-0.2, 0) is 15.0 Å². The highest BCUT2D eigenvalue weighted by molar-refractivity contribution is 5.93. The highest BCUT2D eigenvalue weighted by Gasteiger charge is 2.50. The predicted molar refractivity (Wildman–Crippen MR) is 81.7 cm³/mol. The van der Waals surface area contributed by atoms with Gasteiger partial charge in [-0.25, -0.2) is 0 Å². The summed E-state index contributed by atoms with van der Waals surface area (Å²) in [4.78, 5) is 26.7. The van der Waals surface area contributed by atoms with Crippen LogP contribution >= 0.6 is 0 Å². The standard InChI is InChI=1S/C17H17NO4/c1-16(14(19)20)7-4-8-17(10-16,15(21)22)12-9-18-13-6-3-2-5-11(12)13/h2-7,9,18H,8,10H2,1H3,(H,19,20)(H,21,22). The molecule has 2 unspecified atom stereocenters. The molecule has 0 aliphatic heterocycles. The van der Waals surface area contributed by atoms with Crippen molar-refractivity contribution < 1.29 is 19.8 Å². The van der Waals surface area contributed by atoms with E-state index in [9.17, 15) is 19.8 Å². The molecule has 0 bridgehead atoms. The molecule has 5 nitrogen and oxygen atoms in total. The highest BCUT2D eigenvalue weighted by Crippen LogP contribution is 2.47. The molecule has 2 atom stereocenters. The zero-order valence-electron chi connectivity index (χ0n) is 12.2. The number of hydrogen-bond acceptors (Lipinski definition) is 2. The second-order valence-electron chi connectivity index (χ2n) is 6.14. The van der Waals surface area contributed by atoms with Gasteiger partial charge in [0.15, 0.2) is 0 Å². The van der Waals surface area contributed by atoms with Crippen LogP contribution in [0, 0.1) is 5.41 Å². The number of aliphatic carboxylic acids is 2. The second-order valence-corrected chi connectivity index (χ2v) is 6.14. The van der Waals surface area contributed by atoms with Crippen molar-refractivity contribution in [2.24, 2.45) is 5.41 Å². The van der Waals surface area contributed by atoms with Crippen molar-refractivity contribution in [1.82, 2.24) is 4.98 Å². The number of carbonyl (C=O) groups is 2. The third-order valence-corrected chi connectivity index (χ3v) is 4.62. The molecular formula is C17H17NO4. The van der Waals surface area contributed by atoms with E-state index in [0.29, 0.717) is 5.56 Å². The van der Waals surface area contributed by atoms with Gasteiger partial charge in [-0.05, 0) is 31.4 Å². The van der Waals surface area contributed by atoms with Crippen LogP contribution in [0.2, 0.25) is 0 Å². The molecule has 114 valence electrons. The minimum Gasteiger partial charge on any atom is -0.481 e. The van der Waals surface area contributed by atoms with Crippen molar-refractivity contribution in [2.45, 2.75) is 25.2 Å². The molecule has 5 heteroatoms. The van der Waals surface area contributed by atoms with Crippen molar-refractivity contribution in [3.63, 3.8) is 0 Å². The first-order chi connectivity index (χ1) is 10.4. The SMILES string of the molecule is CC1(C(=O)O)C=CCC(C(=O)O)(c2c[nH]c3ccccc23)C1. The molecule has 1 aromatic heterocycles. The smallest absolute Gasteiger partial charge is 0.314 e. The number of allylic oxidation sites excluding steroid dienone is 1. The summed E-state index contributed by atoms with van der Waals surface area (Å²) in [5.74, 6) is -2.00. The number of para-hydroxylation sites is 1. The lowest BCUT2D eigenvalue weighted by Gasteiger charge is -2.38.